The summed E-state index contributed by atoms with van der Waals surface area (Å²) in [5, 5.41) is 7.20. The highest BCUT2D eigenvalue weighted by atomic mass is 15.3. The van der Waals surface area contributed by atoms with Crippen molar-refractivity contribution in [1.82, 2.24) is 24.6 Å². The van der Waals surface area contributed by atoms with Crippen LogP contribution in [0.4, 0.5) is 0 Å². The molecule has 4 aromatic heterocycles. The molecule has 0 bridgehead atoms. The Morgan fingerprint density at radius 3 is 1.89 bits per heavy atom. The van der Waals surface area contributed by atoms with Gasteiger partial charge in [0.15, 0.2) is 11.5 Å². The molecule has 45 heavy (non-hydrogen) atoms. The van der Waals surface area contributed by atoms with Crippen LogP contribution in [0.2, 0.25) is 0 Å². The van der Waals surface area contributed by atoms with Gasteiger partial charge in [0.05, 0.1) is 11.0 Å². The van der Waals surface area contributed by atoms with E-state index in [4.69, 9.17) is 20.1 Å². The molecule has 5 heteroatoms. The van der Waals surface area contributed by atoms with E-state index in [-0.39, 0.29) is 0 Å². The number of aromatic nitrogens is 5. The Balaban J connectivity index is 1.24. The molecular formula is C40H31N5. The van der Waals surface area contributed by atoms with E-state index in [1.807, 2.05) is 16.6 Å². The molecule has 5 nitrogen and oxygen atoms in total. The third-order valence-corrected chi connectivity index (χ3v) is 8.55. The predicted molar refractivity (Wildman–Crippen MR) is 184 cm³/mol. The minimum atomic E-state index is 0.695. The maximum Gasteiger partial charge on any atom is 0.182 e. The first-order valence-corrected chi connectivity index (χ1v) is 15.5. The van der Waals surface area contributed by atoms with Crippen molar-refractivity contribution in [3.8, 4) is 44.8 Å². The van der Waals surface area contributed by atoms with E-state index in [9.17, 15) is 0 Å². The average Bonchev–Trinajstić information content (AvgIpc) is 3.55. The lowest BCUT2D eigenvalue weighted by molar-refractivity contribution is 0.968. The molecule has 0 radical (unpaired) electrons. The number of nitrogens with zero attached hydrogens (tertiary/aromatic N) is 5. The Kier molecular flexibility index (Phi) is 6.64. The SMILES string of the molecule is CCc1ccc2ccc3c(-c4ccc(-c5nc6c(-c7ccccc7)cc(-c7ccccc7)cn6n5)cc4)cc(CC)nc3c2n1. The van der Waals surface area contributed by atoms with Crippen LogP contribution in [0.15, 0.2) is 128 Å². The molecule has 0 aliphatic heterocycles. The van der Waals surface area contributed by atoms with E-state index < -0.39 is 0 Å². The molecule has 0 aliphatic rings. The quantitative estimate of drug-likeness (QED) is 0.184. The standard InChI is InChI=1S/C40H31N5/c1-3-32-21-19-29-20-22-34-35(24-33(4-2)42-38(34)37(29)41-32)28-15-17-30(18-16-28)39-43-40-36(27-13-9-6-10-14-27)23-31(25-45(40)44-39)26-11-7-5-8-12-26/h5-25H,3-4H2,1-2H3. The van der Waals surface area contributed by atoms with Crippen LogP contribution in [0.25, 0.3) is 72.2 Å². The zero-order valence-electron chi connectivity index (χ0n) is 25.3. The van der Waals surface area contributed by atoms with Crippen LogP contribution >= 0.6 is 0 Å². The smallest absolute Gasteiger partial charge is 0.182 e. The minimum Gasteiger partial charge on any atom is -0.251 e. The molecule has 0 atom stereocenters. The highest BCUT2D eigenvalue weighted by Gasteiger charge is 2.16. The molecule has 0 unspecified atom stereocenters. The number of fused-ring (bicyclic) bond motifs is 4. The zero-order valence-corrected chi connectivity index (χ0v) is 25.3. The number of hydrogen-bond acceptors (Lipinski definition) is 4. The van der Waals surface area contributed by atoms with Crippen molar-refractivity contribution in [1.29, 1.82) is 0 Å². The molecule has 0 aliphatic carbocycles. The fourth-order valence-electron chi connectivity index (χ4n) is 6.11. The van der Waals surface area contributed by atoms with Gasteiger partial charge in [-0.1, -0.05) is 117 Å². The van der Waals surface area contributed by atoms with E-state index >= 15 is 0 Å². The largest absolute Gasteiger partial charge is 0.251 e. The van der Waals surface area contributed by atoms with Gasteiger partial charge in [0, 0.05) is 45.0 Å². The van der Waals surface area contributed by atoms with Gasteiger partial charge in [0.1, 0.15) is 0 Å². The summed E-state index contributed by atoms with van der Waals surface area (Å²) in [6, 6.07) is 42.4. The van der Waals surface area contributed by atoms with E-state index in [2.05, 4.69) is 129 Å². The number of hydrogen-bond donors (Lipinski definition) is 0. The highest BCUT2D eigenvalue weighted by molar-refractivity contribution is 6.08. The van der Waals surface area contributed by atoms with Crippen molar-refractivity contribution in [2.75, 3.05) is 0 Å². The molecule has 0 saturated heterocycles. The van der Waals surface area contributed by atoms with Gasteiger partial charge in [-0.05, 0) is 53.3 Å². The molecule has 0 fully saturated rings. The fraction of sp³-hybridized carbons (Fsp3) is 0.100. The first-order valence-electron chi connectivity index (χ1n) is 15.5. The van der Waals surface area contributed by atoms with Crippen molar-refractivity contribution in [2.45, 2.75) is 26.7 Å². The predicted octanol–water partition coefficient (Wildman–Crippen LogP) is 9.62. The summed E-state index contributed by atoms with van der Waals surface area (Å²) in [6.45, 7) is 4.29. The van der Waals surface area contributed by atoms with E-state index in [0.717, 1.165) is 90.6 Å². The van der Waals surface area contributed by atoms with Crippen molar-refractivity contribution in [3.05, 3.63) is 139 Å². The second kappa shape index (κ2) is 11.1. The summed E-state index contributed by atoms with van der Waals surface area (Å²) in [4.78, 5) is 15.1. The number of pyridine rings is 3. The zero-order chi connectivity index (χ0) is 30.3. The number of benzene rings is 4. The second-order valence-corrected chi connectivity index (χ2v) is 11.4. The maximum atomic E-state index is 5.06. The Hall–Kier alpha value is -5.68. The summed E-state index contributed by atoms with van der Waals surface area (Å²) in [6.07, 6.45) is 3.82. The first-order chi connectivity index (χ1) is 22.2. The first kappa shape index (κ1) is 26.9. The highest BCUT2D eigenvalue weighted by Crippen LogP contribution is 2.35. The van der Waals surface area contributed by atoms with Crippen LogP contribution in [0, 0.1) is 0 Å². The molecule has 0 amide bonds. The Labute approximate surface area is 261 Å². The van der Waals surface area contributed by atoms with Gasteiger partial charge >= 0.3 is 0 Å². The monoisotopic (exact) mass is 581 g/mol. The van der Waals surface area contributed by atoms with Crippen molar-refractivity contribution in [3.63, 3.8) is 0 Å². The lowest BCUT2D eigenvalue weighted by Crippen LogP contribution is -1.95. The van der Waals surface area contributed by atoms with Crippen LogP contribution in [0.1, 0.15) is 25.2 Å². The summed E-state index contributed by atoms with van der Waals surface area (Å²) in [5.74, 6) is 0.695. The van der Waals surface area contributed by atoms with E-state index in [1.54, 1.807) is 0 Å². The van der Waals surface area contributed by atoms with Crippen LogP contribution < -0.4 is 0 Å². The number of aryl methyl sites for hydroxylation is 2. The molecule has 0 N–H and O–H groups in total. The summed E-state index contributed by atoms with van der Waals surface area (Å²) < 4.78 is 1.92. The lowest BCUT2D eigenvalue weighted by Gasteiger charge is -2.12. The maximum absolute atomic E-state index is 5.06. The van der Waals surface area contributed by atoms with E-state index in [0.29, 0.717) is 5.82 Å². The average molecular weight is 582 g/mol. The van der Waals surface area contributed by atoms with Gasteiger partial charge in [-0.3, -0.25) is 9.97 Å². The van der Waals surface area contributed by atoms with Crippen LogP contribution in [0.3, 0.4) is 0 Å². The van der Waals surface area contributed by atoms with Crippen molar-refractivity contribution >= 4 is 27.5 Å². The van der Waals surface area contributed by atoms with Gasteiger partial charge in [-0.25, -0.2) is 9.50 Å². The van der Waals surface area contributed by atoms with Crippen LogP contribution in [-0.2, 0) is 12.8 Å². The molecule has 0 saturated carbocycles. The summed E-state index contributed by atoms with van der Waals surface area (Å²) in [7, 11) is 0. The molecule has 8 aromatic rings. The van der Waals surface area contributed by atoms with Gasteiger partial charge < -0.3 is 0 Å². The Bertz CT molecular complexity index is 2320. The Morgan fingerprint density at radius 1 is 0.511 bits per heavy atom. The fourth-order valence-corrected chi connectivity index (χ4v) is 6.11. The third-order valence-electron chi connectivity index (χ3n) is 8.55. The normalized spacial score (nSPS) is 11.5. The topological polar surface area (TPSA) is 56.0 Å². The van der Waals surface area contributed by atoms with E-state index in [1.165, 1.54) is 0 Å². The van der Waals surface area contributed by atoms with Gasteiger partial charge in [0.25, 0.3) is 0 Å². The van der Waals surface area contributed by atoms with Crippen LogP contribution in [-0.4, -0.2) is 24.6 Å². The molecule has 216 valence electrons. The molecule has 0 spiro atoms. The Morgan fingerprint density at radius 2 is 1.16 bits per heavy atom. The molecule has 4 heterocycles. The molecule has 8 rings (SSSR count). The minimum absolute atomic E-state index is 0.695. The van der Waals surface area contributed by atoms with Crippen LogP contribution in [0.5, 0.6) is 0 Å². The van der Waals surface area contributed by atoms with Crippen molar-refractivity contribution < 1.29 is 0 Å². The van der Waals surface area contributed by atoms with Gasteiger partial charge in [0.2, 0.25) is 0 Å². The molecular weight excluding hydrogens is 550 g/mol. The third kappa shape index (κ3) is 4.83. The number of rotatable bonds is 6. The second-order valence-electron chi connectivity index (χ2n) is 11.4. The lowest BCUT2D eigenvalue weighted by atomic mass is 9.97. The summed E-state index contributed by atoms with van der Waals surface area (Å²) in [5.41, 5.74) is 12.6. The van der Waals surface area contributed by atoms with Gasteiger partial charge in [-0.2, -0.15) is 0 Å². The van der Waals surface area contributed by atoms with Gasteiger partial charge in [-0.15, -0.1) is 5.10 Å². The van der Waals surface area contributed by atoms with Crippen molar-refractivity contribution in [2.24, 2.45) is 0 Å². The summed E-state index contributed by atoms with van der Waals surface area (Å²) >= 11 is 0. The molecule has 4 aromatic carbocycles.